The Morgan fingerprint density at radius 2 is 1.45 bits per heavy atom. The first-order chi connectivity index (χ1) is 21.3. The summed E-state index contributed by atoms with van der Waals surface area (Å²) in [4.78, 5) is 13.0. The third kappa shape index (κ3) is 7.42. The van der Waals surface area contributed by atoms with Gasteiger partial charge < -0.3 is 4.74 Å². The smallest absolute Gasteiger partial charge is 0.309 e. The number of hydrogen-bond donors (Lipinski definition) is 0. The van der Waals surface area contributed by atoms with Crippen LogP contribution < -0.4 is 0 Å². The minimum absolute atomic E-state index is 0.0629. The second-order valence-corrected chi connectivity index (χ2v) is 13.4. The highest BCUT2D eigenvalue weighted by Crippen LogP contribution is 2.42. The molecule has 2 aromatic carbocycles. The molecule has 44 heavy (non-hydrogen) atoms. The van der Waals surface area contributed by atoms with E-state index in [9.17, 15) is 22.4 Å². The first kappa shape index (κ1) is 32.8. The van der Waals surface area contributed by atoms with Crippen LogP contribution in [0.2, 0.25) is 0 Å². The van der Waals surface area contributed by atoms with Gasteiger partial charge >= 0.3 is 5.97 Å². The van der Waals surface area contributed by atoms with Crippen LogP contribution in [0.25, 0.3) is 5.57 Å². The highest BCUT2D eigenvalue weighted by molar-refractivity contribution is 5.72. The molecule has 2 aromatic rings. The molecule has 3 aliphatic rings. The molecule has 0 saturated heterocycles. The topological polar surface area (TPSA) is 26.3 Å². The zero-order chi connectivity index (χ0) is 31.2. The molecule has 3 aliphatic carbocycles. The monoisotopic (exact) mass is 612 g/mol. The lowest BCUT2D eigenvalue weighted by Gasteiger charge is -2.36. The van der Waals surface area contributed by atoms with Crippen molar-refractivity contribution in [1.82, 2.24) is 0 Å². The Bertz CT molecular complexity index is 1320. The molecular weight excluding hydrogens is 564 g/mol. The SMILES string of the molecule is CCCCCc1ccc(C2CCC(C(=O)OC3CCC(C4CC=C(c5ccc(CC)c(F)c5F)CC4)CC3)CC2)c(F)c1F. The Kier molecular flexibility index (Phi) is 11.2. The lowest BCUT2D eigenvalue weighted by atomic mass is 9.72. The Labute approximate surface area is 260 Å². The summed E-state index contributed by atoms with van der Waals surface area (Å²) in [6.07, 6.45) is 14.9. The molecule has 0 aromatic heterocycles. The van der Waals surface area contributed by atoms with Gasteiger partial charge in [-0.3, -0.25) is 4.79 Å². The van der Waals surface area contributed by atoms with Gasteiger partial charge in [0.1, 0.15) is 6.10 Å². The van der Waals surface area contributed by atoms with E-state index in [4.69, 9.17) is 4.74 Å². The molecule has 5 rings (SSSR count). The van der Waals surface area contributed by atoms with Crippen molar-refractivity contribution in [3.8, 4) is 0 Å². The lowest BCUT2D eigenvalue weighted by molar-refractivity contribution is -0.157. The van der Waals surface area contributed by atoms with E-state index in [0.717, 1.165) is 69.8 Å². The van der Waals surface area contributed by atoms with Gasteiger partial charge in [0, 0.05) is 5.56 Å². The van der Waals surface area contributed by atoms with Gasteiger partial charge in [0.05, 0.1) is 5.92 Å². The number of carbonyl (C=O) groups is 1. The van der Waals surface area contributed by atoms with Gasteiger partial charge in [-0.1, -0.05) is 57.0 Å². The number of ether oxygens (including phenoxy) is 1. The maximum Gasteiger partial charge on any atom is 0.309 e. The lowest BCUT2D eigenvalue weighted by Crippen LogP contribution is -2.31. The van der Waals surface area contributed by atoms with E-state index in [1.165, 1.54) is 0 Å². The average Bonchev–Trinajstić information content (AvgIpc) is 3.05. The molecule has 0 spiro atoms. The number of unbranched alkanes of at least 4 members (excludes halogenated alkanes) is 2. The van der Waals surface area contributed by atoms with Crippen molar-refractivity contribution < 1.29 is 27.1 Å². The third-order valence-corrected chi connectivity index (χ3v) is 10.8. The normalized spacial score (nSPS) is 25.9. The van der Waals surface area contributed by atoms with Crippen LogP contribution >= 0.6 is 0 Å². The van der Waals surface area contributed by atoms with E-state index in [-0.39, 0.29) is 23.9 Å². The van der Waals surface area contributed by atoms with E-state index in [1.807, 2.05) is 6.92 Å². The fourth-order valence-electron chi connectivity index (χ4n) is 7.89. The van der Waals surface area contributed by atoms with Gasteiger partial charge in [-0.05, 0) is 130 Å². The summed E-state index contributed by atoms with van der Waals surface area (Å²) < 4.78 is 64.6. The van der Waals surface area contributed by atoms with Gasteiger partial charge in [0.15, 0.2) is 23.3 Å². The quantitative estimate of drug-likeness (QED) is 0.152. The van der Waals surface area contributed by atoms with E-state index in [0.29, 0.717) is 72.6 Å². The second-order valence-electron chi connectivity index (χ2n) is 13.4. The molecule has 2 fully saturated rings. The Balaban J connectivity index is 1.06. The van der Waals surface area contributed by atoms with Gasteiger partial charge in [-0.25, -0.2) is 17.6 Å². The Morgan fingerprint density at radius 1 is 0.750 bits per heavy atom. The fourth-order valence-corrected chi connectivity index (χ4v) is 7.89. The molecule has 1 unspecified atom stereocenters. The van der Waals surface area contributed by atoms with Gasteiger partial charge in [-0.2, -0.15) is 0 Å². The number of aryl methyl sites for hydroxylation is 2. The summed E-state index contributed by atoms with van der Waals surface area (Å²) in [5, 5.41) is 0. The second kappa shape index (κ2) is 15.1. The van der Waals surface area contributed by atoms with Crippen LogP contribution in [0.4, 0.5) is 17.6 Å². The number of carbonyl (C=O) groups excluding carboxylic acids is 1. The predicted molar refractivity (Wildman–Crippen MR) is 167 cm³/mol. The van der Waals surface area contributed by atoms with E-state index >= 15 is 0 Å². The van der Waals surface area contributed by atoms with E-state index in [1.54, 1.807) is 24.3 Å². The van der Waals surface area contributed by atoms with Crippen molar-refractivity contribution in [3.05, 3.63) is 75.9 Å². The molecule has 0 amide bonds. The highest BCUT2D eigenvalue weighted by Gasteiger charge is 2.34. The van der Waals surface area contributed by atoms with E-state index < -0.39 is 23.3 Å². The molecule has 0 aliphatic heterocycles. The minimum atomic E-state index is -0.724. The average molecular weight is 613 g/mol. The molecule has 240 valence electrons. The zero-order valence-electron chi connectivity index (χ0n) is 26.4. The van der Waals surface area contributed by atoms with Crippen LogP contribution in [0.15, 0.2) is 30.3 Å². The van der Waals surface area contributed by atoms with Gasteiger partial charge in [0.25, 0.3) is 0 Å². The molecule has 0 radical (unpaired) electrons. The highest BCUT2D eigenvalue weighted by atomic mass is 19.2. The number of rotatable bonds is 10. The summed E-state index contributed by atoms with van der Waals surface area (Å²) in [5.74, 6) is -2.17. The standard InChI is InChI=1S/C38H48F4O2/c1-3-5-6-7-29-19-23-33(37(42)35(29)40)28-12-14-30(15-13-28)38(43)44-31-20-16-26(17-21-31)25-8-10-27(11-9-25)32-22-18-24(4-2)34(39)36(32)41/h10,18-19,22-23,25-26,28,30-31H,3-9,11-17,20-21H2,1-2H3. The predicted octanol–water partition coefficient (Wildman–Crippen LogP) is 10.8. The van der Waals surface area contributed by atoms with Crippen molar-refractivity contribution in [1.29, 1.82) is 0 Å². The molecule has 2 nitrogen and oxygen atoms in total. The maximum absolute atomic E-state index is 14.9. The molecule has 0 N–H and O–H groups in total. The van der Waals surface area contributed by atoms with Crippen LogP contribution in [-0.2, 0) is 22.4 Å². The van der Waals surface area contributed by atoms with Crippen molar-refractivity contribution in [2.24, 2.45) is 17.8 Å². The number of esters is 1. The number of hydrogen-bond acceptors (Lipinski definition) is 2. The van der Waals surface area contributed by atoms with E-state index in [2.05, 4.69) is 13.0 Å². The number of allylic oxidation sites excluding steroid dienone is 2. The molecule has 0 bridgehead atoms. The largest absolute Gasteiger partial charge is 0.462 e. The molecule has 6 heteroatoms. The third-order valence-electron chi connectivity index (χ3n) is 10.8. The number of halogens is 4. The van der Waals surface area contributed by atoms with Crippen LogP contribution in [0.5, 0.6) is 0 Å². The number of benzene rings is 2. The van der Waals surface area contributed by atoms with Crippen LogP contribution in [-0.4, -0.2) is 12.1 Å². The molecular formula is C38H48F4O2. The first-order valence-electron chi connectivity index (χ1n) is 17.1. The summed E-state index contributed by atoms with van der Waals surface area (Å²) in [7, 11) is 0. The fraction of sp³-hybridized carbons (Fsp3) is 0.605. The Morgan fingerprint density at radius 3 is 2.11 bits per heavy atom. The van der Waals surface area contributed by atoms with Crippen LogP contribution in [0, 0.1) is 41.0 Å². The molecule has 2 saturated carbocycles. The van der Waals surface area contributed by atoms with Crippen molar-refractivity contribution in [2.75, 3.05) is 0 Å². The first-order valence-corrected chi connectivity index (χ1v) is 17.1. The van der Waals surface area contributed by atoms with Crippen molar-refractivity contribution >= 4 is 11.5 Å². The van der Waals surface area contributed by atoms with Gasteiger partial charge in [-0.15, -0.1) is 0 Å². The zero-order valence-corrected chi connectivity index (χ0v) is 26.4. The van der Waals surface area contributed by atoms with Crippen molar-refractivity contribution in [2.45, 2.75) is 129 Å². The summed E-state index contributed by atoms with van der Waals surface area (Å²) in [5.41, 5.74) is 2.63. The van der Waals surface area contributed by atoms with Gasteiger partial charge in [0.2, 0.25) is 0 Å². The minimum Gasteiger partial charge on any atom is -0.462 e. The molecule has 0 heterocycles. The summed E-state index contributed by atoms with van der Waals surface area (Å²) >= 11 is 0. The molecule has 1 atom stereocenters. The van der Waals surface area contributed by atoms with Crippen molar-refractivity contribution in [3.63, 3.8) is 0 Å². The van der Waals surface area contributed by atoms with Crippen LogP contribution in [0.1, 0.15) is 132 Å². The Hall–Kier alpha value is -2.63. The maximum atomic E-state index is 14.9. The summed E-state index contributed by atoms with van der Waals surface area (Å²) in [6, 6.07) is 6.92. The summed E-state index contributed by atoms with van der Waals surface area (Å²) in [6.45, 7) is 3.92. The van der Waals surface area contributed by atoms with Crippen LogP contribution in [0.3, 0.4) is 0 Å².